The van der Waals surface area contributed by atoms with Crippen molar-refractivity contribution in [2.24, 2.45) is 0 Å². The molecule has 1 N–H and O–H groups in total. The predicted octanol–water partition coefficient (Wildman–Crippen LogP) is 4.41. The fraction of sp³-hybridized carbons (Fsp3) is 0.200. The van der Waals surface area contributed by atoms with Gasteiger partial charge in [-0.05, 0) is 80.9 Å². The summed E-state index contributed by atoms with van der Waals surface area (Å²) in [5, 5.41) is 15.6. The van der Waals surface area contributed by atoms with E-state index in [-0.39, 0.29) is 12.5 Å². The van der Waals surface area contributed by atoms with Crippen LogP contribution in [0, 0.1) is 20.8 Å². The third-order valence-corrected chi connectivity index (χ3v) is 5.29. The Morgan fingerprint density at radius 3 is 2.15 bits per heavy atom. The van der Waals surface area contributed by atoms with Gasteiger partial charge in [0.05, 0.1) is 12.8 Å². The van der Waals surface area contributed by atoms with Crippen LogP contribution in [0.15, 0.2) is 60.7 Å². The normalized spacial score (nSPS) is 10.6. The molecule has 2 aromatic carbocycles. The van der Waals surface area contributed by atoms with E-state index in [1.165, 1.54) is 0 Å². The van der Waals surface area contributed by atoms with Crippen LogP contribution in [0.1, 0.15) is 17.0 Å². The van der Waals surface area contributed by atoms with Gasteiger partial charge >= 0.3 is 0 Å². The molecule has 0 saturated carbocycles. The molecule has 0 bridgehead atoms. The Bertz CT molecular complexity index is 1270. The maximum Gasteiger partial charge on any atom is 0.262 e. The summed E-state index contributed by atoms with van der Waals surface area (Å²) in [5.74, 6) is 2.57. The zero-order valence-electron chi connectivity index (χ0n) is 19.4. The van der Waals surface area contributed by atoms with Crippen LogP contribution >= 0.6 is 0 Å². The zero-order valence-corrected chi connectivity index (χ0v) is 19.4. The Balaban J connectivity index is 1.30. The number of carbonyl (C=O) groups is 1. The van der Waals surface area contributed by atoms with E-state index < -0.39 is 0 Å². The predicted molar refractivity (Wildman–Crippen MR) is 127 cm³/mol. The second-order valence-electron chi connectivity index (χ2n) is 7.58. The molecule has 0 aliphatic rings. The van der Waals surface area contributed by atoms with Crippen molar-refractivity contribution in [1.29, 1.82) is 0 Å². The van der Waals surface area contributed by atoms with Gasteiger partial charge < -0.3 is 19.5 Å². The zero-order chi connectivity index (χ0) is 24.1. The number of nitrogens with one attached hydrogen (secondary N) is 1. The van der Waals surface area contributed by atoms with Gasteiger partial charge in [-0.15, -0.1) is 10.2 Å². The Morgan fingerprint density at radius 2 is 1.56 bits per heavy atom. The number of hydrogen-bond acceptors (Lipinski definition) is 7. The molecule has 1 amide bonds. The van der Waals surface area contributed by atoms with Crippen LogP contribution in [-0.4, -0.2) is 39.6 Å². The summed E-state index contributed by atoms with van der Waals surface area (Å²) < 4.78 is 18.1. The lowest BCUT2D eigenvalue weighted by molar-refractivity contribution is -0.118. The molecule has 0 spiro atoms. The number of methoxy groups -OCH3 is 1. The highest BCUT2D eigenvalue weighted by Crippen LogP contribution is 2.22. The average Bonchev–Trinajstić information content (AvgIpc) is 3.12. The van der Waals surface area contributed by atoms with E-state index in [2.05, 4.69) is 20.6 Å². The molecule has 0 unspecified atom stereocenters. The van der Waals surface area contributed by atoms with Crippen LogP contribution in [0.3, 0.4) is 0 Å². The smallest absolute Gasteiger partial charge is 0.262 e. The second kappa shape index (κ2) is 10.0. The highest BCUT2D eigenvalue weighted by atomic mass is 16.5. The highest BCUT2D eigenvalue weighted by Gasteiger charge is 2.11. The van der Waals surface area contributed by atoms with Crippen molar-refractivity contribution < 1.29 is 19.0 Å². The van der Waals surface area contributed by atoms with Crippen molar-refractivity contribution in [1.82, 2.24) is 20.0 Å². The van der Waals surface area contributed by atoms with Crippen molar-refractivity contribution in [2.45, 2.75) is 20.8 Å². The number of amides is 1. The SMILES string of the molecule is COc1ccc(OCC(=O)Nc2ccc(Oc3ccc(-n4nc(C)c(C)c4C)nn3)cc2)cc1. The van der Waals surface area contributed by atoms with Gasteiger partial charge in [-0.1, -0.05) is 0 Å². The van der Waals surface area contributed by atoms with Crippen molar-refractivity contribution >= 4 is 11.6 Å². The fourth-order valence-corrected chi connectivity index (χ4v) is 3.17. The number of carbonyl (C=O) groups excluding carboxylic acids is 1. The summed E-state index contributed by atoms with van der Waals surface area (Å²) in [5.41, 5.74) is 3.73. The van der Waals surface area contributed by atoms with E-state index in [0.717, 1.165) is 22.7 Å². The average molecular weight is 460 g/mol. The highest BCUT2D eigenvalue weighted by molar-refractivity contribution is 5.91. The van der Waals surface area contributed by atoms with Crippen LogP contribution < -0.4 is 19.5 Å². The Labute approximate surface area is 197 Å². The van der Waals surface area contributed by atoms with E-state index >= 15 is 0 Å². The van der Waals surface area contributed by atoms with Crippen LogP contribution in [0.25, 0.3) is 5.82 Å². The summed E-state index contributed by atoms with van der Waals surface area (Å²) in [7, 11) is 1.59. The molecule has 174 valence electrons. The van der Waals surface area contributed by atoms with Crippen molar-refractivity contribution in [2.75, 3.05) is 19.0 Å². The number of nitrogens with zero attached hydrogens (tertiary/aromatic N) is 4. The van der Waals surface area contributed by atoms with Gasteiger partial charge in [0.15, 0.2) is 12.4 Å². The standard InChI is InChI=1S/C25H25N5O4/c1-16-17(2)29-30(18(16)3)23-13-14-25(28-27-23)34-22-7-5-19(6-8-22)26-24(31)15-33-21-11-9-20(32-4)10-12-21/h5-14H,15H2,1-4H3,(H,26,31). The van der Waals surface area contributed by atoms with E-state index in [1.807, 2.05) is 20.8 Å². The van der Waals surface area contributed by atoms with E-state index in [9.17, 15) is 4.79 Å². The number of rotatable bonds is 8. The number of anilines is 1. The molecule has 0 radical (unpaired) electrons. The van der Waals surface area contributed by atoms with Crippen LogP contribution in [0.2, 0.25) is 0 Å². The van der Waals surface area contributed by atoms with E-state index in [4.69, 9.17) is 14.2 Å². The largest absolute Gasteiger partial charge is 0.497 e. The lowest BCUT2D eigenvalue weighted by Crippen LogP contribution is -2.20. The number of hydrogen-bond donors (Lipinski definition) is 1. The number of aromatic nitrogens is 4. The Morgan fingerprint density at radius 1 is 0.882 bits per heavy atom. The van der Waals surface area contributed by atoms with Gasteiger partial charge in [-0.2, -0.15) is 5.10 Å². The lowest BCUT2D eigenvalue weighted by atomic mass is 10.2. The van der Waals surface area contributed by atoms with E-state index in [0.29, 0.717) is 28.9 Å². The number of aryl methyl sites for hydroxylation is 1. The van der Waals surface area contributed by atoms with Gasteiger partial charge in [-0.3, -0.25) is 4.79 Å². The molecule has 4 aromatic rings. The molecule has 2 heterocycles. The van der Waals surface area contributed by atoms with E-state index in [1.54, 1.807) is 72.5 Å². The summed E-state index contributed by atoms with van der Waals surface area (Å²) in [6, 6.07) is 17.5. The molecule has 0 saturated heterocycles. The minimum Gasteiger partial charge on any atom is -0.497 e. The first-order chi connectivity index (χ1) is 16.4. The summed E-state index contributed by atoms with van der Waals surface area (Å²) >= 11 is 0. The minimum atomic E-state index is -0.273. The first-order valence-electron chi connectivity index (χ1n) is 10.6. The molecule has 9 nitrogen and oxygen atoms in total. The molecule has 2 aromatic heterocycles. The number of benzene rings is 2. The first-order valence-corrected chi connectivity index (χ1v) is 10.6. The lowest BCUT2D eigenvalue weighted by Gasteiger charge is -2.09. The van der Waals surface area contributed by atoms with Gasteiger partial charge in [0.2, 0.25) is 5.88 Å². The maximum atomic E-state index is 12.2. The molecule has 9 heteroatoms. The second-order valence-corrected chi connectivity index (χ2v) is 7.58. The number of ether oxygens (including phenoxy) is 3. The van der Waals surface area contributed by atoms with Crippen LogP contribution in [0.5, 0.6) is 23.1 Å². The maximum absolute atomic E-state index is 12.2. The van der Waals surface area contributed by atoms with Crippen molar-refractivity contribution in [3.63, 3.8) is 0 Å². The molecule has 0 aliphatic heterocycles. The molecular formula is C25H25N5O4. The minimum absolute atomic E-state index is 0.110. The quantitative estimate of drug-likeness (QED) is 0.417. The van der Waals surface area contributed by atoms with Crippen LogP contribution in [0.4, 0.5) is 5.69 Å². The fourth-order valence-electron chi connectivity index (χ4n) is 3.17. The summed E-state index contributed by atoms with van der Waals surface area (Å²) in [6.07, 6.45) is 0. The molecule has 34 heavy (non-hydrogen) atoms. The van der Waals surface area contributed by atoms with Gasteiger partial charge in [-0.25, -0.2) is 4.68 Å². The summed E-state index contributed by atoms with van der Waals surface area (Å²) in [6.45, 7) is 5.87. The molecule has 0 aliphatic carbocycles. The first kappa shape index (κ1) is 22.8. The van der Waals surface area contributed by atoms with Crippen molar-refractivity contribution in [3.05, 3.63) is 77.6 Å². The molecule has 0 atom stereocenters. The third kappa shape index (κ3) is 5.32. The van der Waals surface area contributed by atoms with Gasteiger partial charge in [0, 0.05) is 17.4 Å². The monoisotopic (exact) mass is 459 g/mol. The van der Waals surface area contributed by atoms with Gasteiger partial charge in [0.1, 0.15) is 17.2 Å². The molecular weight excluding hydrogens is 434 g/mol. The topological polar surface area (TPSA) is 100 Å². The van der Waals surface area contributed by atoms with Crippen molar-refractivity contribution in [3.8, 4) is 28.9 Å². The third-order valence-electron chi connectivity index (χ3n) is 5.29. The Hall–Kier alpha value is -4.40. The molecule has 4 rings (SSSR count). The van der Waals surface area contributed by atoms with Gasteiger partial charge in [0.25, 0.3) is 5.91 Å². The summed E-state index contributed by atoms with van der Waals surface area (Å²) in [4.78, 5) is 12.2. The van der Waals surface area contributed by atoms with Crippen LogP contribution in [-0.2, 0) is 4.79 Å². The Kier molecular flexibility index (Phi) is 6.72. The molecule has 0 fully saturated rings.